The molecule has 0 radical (unpaired) electrons. The van der Waals surface area contributed by atoms with E-state index in [0.29, 0.717) is 11.3 Å². The van der Waals surface area contributed by atoms with Crippen molar-refractivity contribution < 1.29 is 9.53 Å². The minimum Gasteiger partial charge on any atom is -0.450 e. The zero-order valence-electron chi connectivity index (χ0n) is 8.34. The second-order valence-corrected chi connectivity index (χ2v) is 3.32. The summed E-state index contributed by atoms with van der Waals surface area (Å²) in [7, 11) is 1.84. The first-order chi connectivity index (χ1) is 7.15. The molecule has 0 saturated heterocycles. The molecule has 0 aliphatic heterocycles. The van der Waals surface area contributed by atoms with Crippen LogP contribution in [0.3, 0.4) is 0 Å². The van der Waals surface area contributed by atoms with E-state index in [-0.39, 0.29) is 19.0 Å². The topological polar surface area (TPSA) is 59.9 Å². The third-order valence-electron chi connectivity index (χ3n) is 1.87. The van der Waals surface area contributed by atoms with Gasteiger partial charge in [0.15, 0.2) is 11.4 Å². The molecule has 5 nitrogen and oxygen atoms in total. The van der Waals surface area contributed by atoms with Crippen LogP contribution < -0.4 is 0 Å². The third-order valence-corrected chi connectivity index (χ3v) is 2.39. The maximum Gasteiger partial charge on any atom is 0.308 e. The van der Waals surface area contributed by atoms with Crippen LogP contribution in [0.15, 0.2) is 12.4 Å². The van der Waals surface area contributed by atoms with E-state index in [2.05, 4.69) is 4.74 Å². The second kappa shape index (κ2) is 5.32. The van der Waals surface area contributed by atoms with Crippen molar-refractivity contribution in [2.24, 2.45) is 7.05 Å². The Bertz CT molecular complexity index is 441. The number of carbonyl (C=O) groups is 1. The Hall–Kier alpha value is -1.61. The number of hydrogen-bond acceptors (Lipinski definition) is 4. The predicted octanol–water partition coefficient (Wildman–Crippen LogP) is 1.01. The van der Waals surface area contributed by atoms with E-state index in [1.807, 2.05) is 13.2 Å². The van der Waals surface area contributed by atoms with E-state index in [1.54, 1.807) is 21.4 Å². The number of hydrogen-bond donors (Lipinski definition) is 0. The second-order valence-electron chi connectivity index (χ2n) is 2.95. The first kappa shape index (κ1) is 11.5. The lowest BCUT2D eigenvalue weighted by atomic mass is 10.4. The van der Waals surface area contributed by atoms with Crippen molar-refractivity contribution in [3.05, 3.63) is 17.2 Å². The lowest BCUT2D eigenvalue weighted by Crippen LogP contribution is -2.09. The number of nitrogens with zero attached hydrogens (tertiary/aromatic N) is 3. The van der Waals surface area contributed by atoms with E-state index in [0.717, 1.165) is 0 Å². The largest absolute Gasteiger partial charge is 0.450 e. The maximum atomic E-state index is 11.1. The normalized spacial score (nSPS) is 9.60. The molecule has 0 aliphatic carbocycles. The lowest BCUT2D eigenvalue weighted by Gasteiger charge is -2.01. The standard InChI is InChI=1S/C9H11N3O2S/c1-11-5-6-12(9(11)15)4-2-8(13)14-7-3-10/h5-6H,2,4,7H2,1H3. The van der Waals surface area contributed by atoms with Crippen molar-refractivity contribution in [1.82, 2.24) is 9.13 Å². The molecule has 0 unspecified atom stereocenters. The number of carbonyl (C=O) groups excluding carboxylic acids is 1. The molecule has 6 heteroatoms. The zero-order chi connectivity index (χ0) is 11.3. The number of rotatable bonds is 4. The van der Waals surface area contributed by atoms with Crippen molar-refractivity contribution in [3.63, 3.8) is 0 Å². The van der Waals surface area contributed by atoms with Gasteiger partial charge in [0, 0.05) is 26.0 Å². The van der Waals surface area contributed by atoms with Gasteiger partial charge in [0.1, 0.15) is 6.07 Å². The molecule has 0 spiro atoms. The highest BCUT2D eigenvalue weighted by Crippen LogP contribution is 1.98. The maximum absolute atomic E-state index is 11.1. The highest BCUT2D eigenvalue weighted by atomic mass is 32.1. The Kier molecular flexibility index (Phi) is 4.06. The molecule has 0 fully saturated rings. The van der Waals surface area contributed by atoms with Crippen LogP contribution >= 0.6 is 12.2 Å². The summed E-state index contributed by atoms with van der Waals surface area (Å²) in [6.45, 7) is 0.281. The van der Waals surface area contributed by atoms with Gasteiger partial charge in [-0.05, 0) is 12.2 Å². The summed E-state index contributed by atoms with van der Waals surface area (Å²) >= 11 is 5.09. The minimum atomic E-state index is -0.387. The molecule has 1 rings (SSSR count). The van der Waals surface area contributed by atoms with Crippen LogP contribution in [0.4, 0.5) is 0 Å². The fourth-order valence-corrected chi connectivity index (χ4v) is 1.29. The van der Waals surface area contributed by atoms with Crippen LogP contribution in [0, 0.1) is 16.1 Å². The molecule has 0 amide bonds. The highest BCUT2D eigenvalue weighted by Gasteiger charge is 2.03. The van der Waals surface area contributed by atoms with Gasteiger partial charge in [-0.1, -0.05) is 0 Å². The molecule has 1 aromatic heterocycles. The number of nitriles is 1. The molecule has 0 saturated carbocycles. The summed E-state index contributed by atoms with van der Waals surface area (Å²) in [5.74, 6) is -0.387. The lowest BCUT2D eigenvalue weighted by molar-refractivity contribution is -0.142. The molecule has 15 heavy (non-hydrogen) atoms. The summed E-state index contributed by atoms with van der Waals surface area (Å²) < 4.78 is 8.83. The fourth-order valence-electron chi connectivity index (χ4n) is 1.08. The van der Waals surface area contributed by atoms with Crippen LogP contribution in [0.1, 0.15) is 6.42 Å². The van der Waals surface area contributed by atoms with E-state index in [4.69, 9.17) is 17.5 Å². The van der Waals surface area contributed by atoms with Crippen LogP contribution in [-0.2, 0) is 23.1 Å². The molecule has 1 heterocycles. The molecule has 0 aliphatic rings. The first-order valence-corrected chi connectivity index (χ1v) is 4.80. The monoisotopic (exact) mass is 225 g/mol. The zero-order valence-corrected chi connectivity index (χ0v) is 9.16. The van der Waals surface area contributed by atoms with Gasteiger partial charge in [0.2, 0.25) is 0 Å². The van der Waals surface area contributed by atoms with Crippen molar-refractivity contribution in [3.8, 4) is 6.07 Å². The van der Waals surface area contributed by atoms with Crippen LogP contribution in [0.5, 0.6) is 0 Å². The number of aromatic nitrogens is 2. The molecule has 0 bridgehead atoms. The van der Waals surface area contributed by atoms with Crippen molar-refractivity contribution in [2.75, 3.05) is 6.61 Å². The summed E-state index contributed by atoms with van der Waals surface area (Å²) in [4.78, 5) is 11.1. The van der Waals surface area contributed by atoms with E-state index in [1.165, 1.54) is 0 Å². The van der Waals surface area contributed by atoms with Crippen molar-refractivity contribution in [2.45, 2.75) is 13.0 Å². The minimum absolute atomic E-state index is 0.195. The summed E-state index contributed by atoms with van der Waals surface area (Å²) in [5.41, 5.74) is 0. The van der Waals surface area contributed by atoms with Crippen molar-refractivity contribution in [1.29, 1.82) is 5.26 Å². The van der Waals surface area contributed by atoms with Gasteiger partial charge >= 0.3 is 5.97 Å². The van der Waals surface area contributed by atoms with Gasteiger partial charge < -0.3 is 13.9 Å². The molecule has 0 N–H and O–H groups in total. The third kappa shape index (κ3) is 3.22. The average Bonchev–Trinajstić information content (AvgIpc) is 2.54. The van der Waals surface area contributed by atoms with Crippen LogP contribution in [-0.4, -0.2) is 21.7 Å². The number of aryl methyl sites for hydroxylation is 2. The van der Waals surface area contributed by atoms with E-state index < -0.39 is 0 Å². The molecule has 80 valence electrons. The van der Waals surface area contributed by atoms with Gasteiger partial charge in [0.05, 0.1) is 6.42 Å². The molecular weight excluding hydrogens is 214 g/mol. The van der Waals surface area contributed by atoms with Gasteiger partial charge in [-0.3, -0.25) is 4.79 Å². The van der Waals surface area contributed by atoms with Crippen molar-refractivity contribution >= 4 is 18.2 Å². The van der Waals surface area contributed by atoms with E-state index >= 15 is 0 Å². The Labute approximate surface area is 92.5 Å². The fraction of sp³-hybridized carbons (Fsp3) is 0.444. The van der Waals surface area contributed by atoms with Gasteiger partial charge in [-0.25, -0.2) is 0 Å². The first-order valence-electron chi connectivity index (χ1n) is 4.39. The highest BCUT2D eigenvalue weighted by molar-refractivity contribution is 7.71. The molecule has 0 atom stereocenters. The van der Waals surface area contributed by atoms with Crippen LogP contribution in [0.25, 0.3) is 0 Å². The predicted molar refractivity (Wildman–Crippen MR) is 55.4 cm³/mol. The van der Waals surface area contributed by atoms with Gasteiger partial charge in [-0.2, -0.15) is 5.26 Å². The Morgan fingerprint density at radius 3 is 2.93 bits per heavy atom. The Morgan fingerprint density at radius 2 is 2.40 bits per heavy atom. The van der Waals surface area contributed by atoms with Gasteiger partial charge in [0.25, 0.3) is 0 Å². The number of imidazole rings is 1. The Balaban J connectivity index is 2.45. The average molecular weight is 225 g/mol. The summed E-state index contributed by atoms with van der Waals surface area (Å²) in [5, 5.41) is 8.20. The SMILES string of the molecule is Cn1ccn(CCC(=O)OCC#N)c1=S. The molecule has 0 aromatic carbocycles. The summed E-state index contributed by atoms with van der Waals surface area (Å²) in [6, 6.07) is 1.74. The quantitative estimate of drug-likeness (QED) is 0.567. The smallest absolute Gasteiger partial charge is 0.308 e. The van der Waals surface area contributed by atoms with Gasteiger partial charge in [-0.15, -0.1) is 0 Å². The van der Waals surface area contributed by atoms with E-state index in [9.17, 15) is 4.79 Å². The van der Waals surface area contributed by atoms with Crippen LogP contribution in [0.2, 0.25) is 0 Å². The summed E-state index contributed by atoms with van der Waals surface area (Å²) in [6.07, 6.45) is 3.85. The number of ether oxygens (including phenoxy) is 1. The molecular formula is C9H11N3O2S. The number of esters is 1. The Morgan fingerprint density at radius 1 is 1.67 bits per heavy atom. The molecule has 1 aromatic rings.